The first kappa shape index (κ1) is 105. The van der Waals surface area contributed by atoms with Crippen molar-refractivity contribution in [1.82, 2.24) is 108 Å². The number of thioether (sulfide) groups is 1. The normalized spacial score (nSPS) is 24.8. The Labute approximate surface area is 784 Å². The average molecular weight is 1900 g/mol. The SMILES string of the molecule is CCCC[C@H]1C(=O)N(C)[C@@H](CCCC)C(=O)N[C@@H](CCCNC(=N)N)C(=O)N[C@H](C(=O)NCC(N)=O)CSCC(=O)N[C@@H](Cc2ccncc2)C(=O)N(C)[C@@H](C)C(=O)N[C@@H](CC(N)=O)C(=O)N2CCC[C@H]2C(=O)N[C@@H](Cc2cnc[nH]2)C(=O)N[C@@H](CC(C)C)C(=O)N2C[C@H](O)C[C@H]2C(=O)N[C@@H](Cc2c[nH]c3ccccc23)C(=O)N[C@@H](CO)C(=O)N[C@@H](Cc2c[nH]c3ccccc23)C(=O)N1C. The molecule has 3 saturated heterocycles. The maximum absolute atomic E-state index is 15.8. The fraction of sp³-hybridized carbons (Fsp3) is 0.533. The number of aromatic nitrogens is 5. The highest BCUT2D eigenvalue weighted by Gasteiger charge is 2.47. The Morgan fingerprint density at radius 2 is 1.09 bits per heavy atom. The predicted octanol–water partition coefficient (Wildman–Crippen LogP) is -3.24. The number of primary amides is 2. The van der Waals surface area contributed by atoms with E-state index >= 15 is 38.4 Å². The lowest BCUT2D eigenvalue weighted by atomic mass is 10.00. The molecule has 0 unspecified atom stereocenters. The second-order valence-corrected chi connectivity index (χ2v) is 35.7. The van der Waals surface area contributed by atoms with Crippen molar-refractivity contribution in [1.29, 1.82) is 5.41 Å². The van der Waals surface area contributed by atoms with Crippen LogP contribution >= 0.6 is 11.8 Å². The Bertz CT molecular complexity index is 5190. The first-order chi connectivity index (χ1) is 64.4. The number of fused-ring (bicyclic) bond motifs is 4. The van der Waals surface area contributed by atoms with Crippen LogP contribution in [0.5, 0.6) is 0 Å². The molecule has 2 aromatic carbocycles. The summed E-state index contributed by atoms with van der Waals surface area (Å²) in [7, 11) is 3.93. The molecule has 7 heterocycles. The maximum atomic E-state index is 15.8. The van der Waals surface area contributed by atoms with Gasteiger partial charge in [0.15, 0.2) is 5.96 Å². The van der Waals surface area contributed by atoms with E-state index in [1.54, 1.807) is 86.9 Å². The highest BCUT2D eigenvalue weighted by molar-refractivity contribution is 8.00. The molecule has 17 amide bonds. The number of hydrogen-bond donors (Lipinski definition) is 20. The van der Waals surface area contributed by atoms with Crippen molar-refractivity contribution in [2.75, 3.05) is 65.4 Å². The average Bonchev–Trinajstić information content (AvgIpc) is 1.72. The van der Waals surface area contributed by atoms with E-state index < -0.39 is 235 Å². The number of nitrogens with one attached hydrogen (secondary N) is 15. The number of aliphatic hydroxyl groups excluding tert-OH is 2. The molecule has 0 aliphatic carbocycles. The van der Waals surface area contributed by atoms with Gasteiger partial charge in [-0.1, -0.05) is 89.8 Å². The summed E-state index contributed by atoms with van der Waals surface area (Å²) >= 11 is 0.781. The largest absolute Gasteiger partial charge is 0.394 e. The molecule has 0 saturated carbocycles. The van der Waals surface area contributed by atoms with Crippen LogP contribution in [0, 0.1) is 11.3 Å². The molecule has 0 bridgehead atoms. The number of para-hydroxylation sites is 2. The summed E-state index contributed by atoms with van der Waals surface area (Å²) in [5, 5.41) is 61.0. The van der Waals surface area contributed by atoms with Crippen LogP contribution in [0.15, 0.2) is 98.0 Å². The minimum absolute atomic E-state index is 0.00734. The van der Waals surface area contributed by atoms with Gasteiger partial charge in [-0.05, 0) is 98.7 Å². The van der Waals surface area contributed by atoms with Crippen LogP contribution in [0.1, 0.15) is 140 Å². The van der Waals surface area contributed by atoms with Crippen molar-refractivity contribution in [3.8, 4) is 0 Å². The highest BCUT2D eigenvalue weighted by atomic mass is 32.2. The lowest BCUT2D eigenvalue weighted by molar-refractivity contribution is -0.149. The number of unbranched alkanes of at least 4 members (excludes halogenated alkanes) is 2. The fourth-order valence-electron chi connectivity index (χ4n) is 16.7. The minimum Gasteiger partial charge on any atom is -0.394 e. The lowest BCUT2D eigenvalue weighted by Gasteiger charge is -2.36. The number of imidazole rings is 1. The third-order valence-electron chi connectivity index (χ3n) is 24.1. The fourth-order valence-corrected chi connectivity index (χ4v) is 17.5. The molecule has 44 nitrogen and oxygen atoms in total. The molecule has 3 aliphatic rings. The van der Waals surface area contributed by atoms with Crippen molar-refractivity contribution in [3.05, 3.63) is 120 Å². The van der Waals surface area contributed by atoms with Crippen LogP contribution < -0.4 is 75.7 Å². The molecule has 3 fully saturated rings. The van der Waals surface area contributed by atoms with Crippen molar-refractivity contribution in [2.45, 2.75) is 234 Å². The number of aromatic amines is 3. The molecule has 9 rings (SSSR count). The molecule has 732 valence electrons. The van der Waals surface area contributed by atoms with Crippen molar-refractivity contribution < 1.29 is 91.7 Å². The Morgan fingerprint density at radius 1 is 0.548 bits per heavy atom. The van der Waals surface area contributed by atoms with Crippen molar-refractivity contribution >= 4 is 140 Å². The number of amides is 17. The van der Waals surface area contributed by atoms with Gasteiger partial charge in [0, 0.05) is 137 Å². The van der Waals surface area contributed by atoms with E-state index in [0.29, 0.717) is 69.9 Å². The number of nitrogens with two attached hydrogens (primary N) is 3. The number of likely N-dealkylation sites (N-methyl/N-ethyl adjacent to an activating group) is 3. The second-order valence-electron chi connectivity index (χ2n) is 34.7. The van der Waals surface area contributed by atoms with Crippen LogP contribution in [0.4, 0.5) is 0 Å². The summed E-state index contributed by atoms with van der Waals surface area (Å²) in [6, 6.07) is -4.51. The van der Waals surface area contributed by atoms with Crippen LogP contribution in [-0.2, 0) is 107 Å². The Morgan fingerprint density at radius 3 is 1.69 bits per heavy atom. The molecular formula is C90H127N25O19S. The molecular weight excluding hydrogens is 1770 g/mol. The zero-order valence-electron chi connectivity index (χ0n) is 77.1. The molecule has 3 aliphatic heterocycles. The van der Waals surface area contributed by atoms with E-state index in [0.717, 1.165) is 36.3 Å². The van der Waals surface area contributed by atoms with Gasteiger partial charge in [-0.3, -0.25) is 91.9 Å². The predicted molar refractivity (Wildman–Crippen MR) is 496 cm³/mol. The number of pyridine rings is 1. The molecule has 135 heavy (non-hydrogen) atoms. The maximum Gasteiger partial charge on any atom is 0.246 e. The van der Waals surface area contributed by atoms with Gasteiger partial charge in [0.25, 0.3) is 0 Å². The van der Waals surface area contributed by atoms with Crippen molar-refractivity contribution in [3.63, 3.8) is 0 Å². The molecule has 45 heteroatoms. The van der Waals surface area contributed by atoms with Gasteiger partial charge in [0.2, 0.25) is 100 Å². The minimum atomic E-state index is -1.89. The van der Waals surface area contributed by atoms with Gasteiger partial charge in [-0.2, -0.15) is 0 Å². The molecule has 0 radical (unpaired) electrons. The van der Waals surface area contributed by atoms with Gasteiger partial charge in [-0.15, -0.1) is 11.8 Å². The van der Waals surface area contributed by atoms with E-state index in [-0.39, 0.29) is 96.1 Å². The second kappa shape index (κ2) is 50.5. The van der Waals surface area contributed by atoms with Crippen molar-refractivity contribution in [2.24, 2.45) is 23.1 Å². The monoisotopic (exact) mass is 1890 g/mol. The lowest BCUT2D eigenvalue weighted by Crippen LogP contribution is -2.62. The van der Waals surface area contributed by atoms with Gasteiger partial charge in [0.05, 0.1) is 37.8 Å². The summed E-state index contributed by atoms with van der Waals surface area (Å²) in [5.74, 6) is -17.7. The molecule has 0 spiro atoms. The third-order valence-corrected chi connectivity index (χ3v) is 25.2. The Kier molecular flexibility index (Phi) is 39.3. The van der Waals surface area contributed by atoms with Gasteiger partial charge >= 0.3 is 0 Å². The van der Waals surface area contributed by atoms with Gasteiger partial charge < -0.3 is 125 Å². The standard InChI is InChI=1S/C90H127N25O19S/c1-9-11-24-69-82(127)103-60(23-17-29-97-90(93)94)78(123)110-68(77(122)100-43-74(92)119)46-135-47-75(120)102-64(34-51-27-30-95-31-28-51)85(130)111(6)50(5)76(121)106-66(39-73(91)118)87(132)114-32-18-26-70(114)83(128)105-62(37-54-42-96-48-101-54)80(125)107-63(33-49(3)4)88(133)115-44-55(117)38-72(115)84(129)104-61(35-52-40-98-58-21-15-13-19-56(52)58)79(124)109-67(45-116)81(126)108-65(36-53-41-99-59-22-16-14-20-57(53)59)86(131)113(8)71(25-12-10-2)89(134)112(69)7/h13-16,19-22,27-28,30-31,40-42,48-50,55,60-72,98-99,116-117H,9-12,17-18,23-26,29,32-39,43-47H2,1-8H3,(H2,91,118)(H2,92,119)(H,96,101)(H,100,122)(H,102,120)(H,103,127)(H,104,129)(H,105,128)(H,106,121)(H,107,125)(H,108,126)(H,109,124)(H,110,123)(H4,93,94,97)/t50-,55+,60-,61-,62-,63-,64-,65-,66-,67-,68-,69-,70-,71-,72-/m0/s1. The number of aliphatic hydroxyl groups is 2. The molecule has 4 aromatic heterocycles. The van der Waals surface area contributed by atoms with Crippen LogP contribution in [0.3, 0.4) is 0 Å². The quantitative estimate of drug-likeness (QED) is 0.0144. The Balaban J connectivity index is 1.10. The first-order valence-electron chi connectivity index (χ1n) is 45.3. The number of nitrogens with zero attached hydrogens (tertiary/aromatic N) is 7. The van der Waals surface area contributed by atoms with E-state index in [2.05, 4.69) is 83.4 Å². The number of carbonyl (C=O) groups excluding carboxylic acids is 17. The van der Waals surface area contributed by atoms with E-state index in [1.807, 2.05) is 13.8 Å². The topological polar surface area (TPSA) is 654 Å². The Hall–Kier alpha value is -13.6. The van der Waals surface area contributed by atoms with Crippen LogP contribution in [0.25, 0.3) is 21.8 Å². The number of H-pyrrole nitrogens is 3. The molecule has 23 N–H and O–H groups in total. The van der Waals surface area contributed by atoms with E-state index in [4.69, 9.17) is 22.6 Å². The summed E-state index contributed by atoms with van der Waals surface area (Å²) in [4.78, 5) is 273. The third kappa shape index (κ3) is 29.5. The van der Waals surface area contributed by atoms with E-state index in [1.165, 1.54) is 53.0 Å². The number of rotatable bonds is 26. The first-order valence-corrected chi connectivity index (χ1v) is 46.4. The van der Waals surface area contributed by atoms with Crippen LogP contribution in [0.2, 0.25) is 0 Å². The highest BCUT2D eigenvalue weighted by Crippen LogP contribution is 2.28. The van der Waals surface area contributed by atoms with Gasteiger partial charge in [0.1, 0.15) is 84.6 Å². The summed E-state index contributed by atoms with van der Waals surface area (Å²) < 4.78 is 0. The molecule has 15 atom stereocenters. The van der Waals surface area contributed by atoms with Gasteiger partial charge in [-0.25, -0.2) is 4.98 Å². The number of benzene rings is 2. The number of carbonyl (C=O) groups is 17. The van der Waals surface area contributed by atoms with Crippen LogP contribution in [-0.4, -0.2) is 322 Å². The zero-order chi connectivity index (χ0) is 98.4. The summed E-state index contributed by atoms with van der Waals surface area (Å²) in [6.07, 6.45) is 6.71. The molecule has 6 aromatic rings. The summed E-state index contributed by atoms with van der Waals surface area (Å²) in [6.45, 7) is 6.08. The number of hydrogen-bond acceptors (Lipinski definition) is 23. The zero-order valence-corrected chi connectivity index (χ0v) is 77.9. The smallest absolute Gasteiger partial charge is 0.246 e. The summed E-state index contributed by atoms with van der Waals surface area (Å²) in [5.41, 5.74) is 19.9. The van der Waals surface area contributed by atoms with E-state index in [9.17, 15) is 53.4 Å². The number of guanidine groups is 1.